The minimum Gasteiger partial charge on any atom is -0.489 e. The first-order valence-electron chi connectivity index (χ1n) is 11.4. The zero-order valence-corrected chi connectivity index (χ0v) is 19.9. The van der Waals surface area contributed by atoms with E-state index in [1.807, 2.05) is 18.2 Å². The second-order valence-corrected chi connectivity index (χ2v) is 10.1. The summed E-state index contributed by atoms with van der Waals surface area (Å²) in [7, 11) is 0. The van der Waals surface area contributed by atoms with E-state index in [2.05, 4.69) is 46.8 Å². The van der Waals surface area contributed by atoms with Crippen LogP contribution in [0.4, 0.5) is 0 Å². The second kappa shape index (κ2) is 8.59. The summed E-state index contributed by atoms with van der Waals surface area (Å²) in [5.74, 6) is 1.16. The highest BCUT2D eigenvalue weighted by Gasteiger charge is 2.49. The number of carbonyl (C=O) groups excluding carboxylic acids is 1. The number of hydrogen-bond acceptors (Lipinski definition) is 4. The van der Waals surface area contributed by atoms with Crippen molar-refractivity contribution in [3.05, 3.63) is 62.6 Å². The Balaban J connectivity index is 1.42. The molecule has 0 amide bonds. The van der Waals surface area contributed by atoms with Gasteiger partial charge in [-0.2, -0.15) is 0 Å². The van der Waals surface area contributed by atoms with Gasteiger partial charge in [-0.3, -0.25) is 4.79 Å². The van der Waals surface area contributed by atoms with Crippen LogP contribution in [0.25, 0.3) is 0 Å². The van der Waals surface area contributed by atoms with E-state index in [1.54, 1.807) is 0 Å². The number of carbonyl (C=O) groups is 1. The number of esters is 1. The van der Waals surface area contributed by atoms with Crippen LogP contribution in [0, 0.1) is 25.7 Å². The standard InChI is InChI=1S/C26H30BrNO3/c1-16-13-23(30-15-18-7-3-4-8-22(18)27)17(2)24-19(16)9-10-20-21(26(29)31-25(20)24)14-28-11-5-6-12-28/h3-4,7-8,13,20-21,25H,5-6,9-12,14-15H2,1-2H3/t20-,21?,25?/m0/s1. The lowest BCUT2D eigenvalue weighted by Crippen LogP contribution is -2.33. The molecule has 2 aromatic rings. The van der Waals surface area contributed by atoms with Gasteiger partial charge in [-0.05, 0) is 81.4 Å². The highest BCUT2D eigenvalue weighted by molar-refractivity contribution is 9.10. The predicted octanol–water partition coefficient (Wildman–Crippen LogP) is 5.52. The van der Waals surface area contributed by atoms with Crippen LogP contribution in [-0.4, -0.2) is 30.5 Å². The van der Waals surface area contributed by atoms with Gasteiger partial charge < -0.3 is 14.4 Å². The van der Waals surface area contributed by atoms with Crippen molar-refractivity contribution in [1.82, 2.24) is 4.90 Å². The van der Waals surface area contributed by atoms with E-state index in [0.717, 1.165) is 53.8 Å². The molecule has 5 rings (SSSR count). The van der Waals surface area contributed by atoms with Crippen molar-refractivity contribution in [1.29, 1.82) is 0 Å². The van der Waals surface area contributed by atoms with Gasteiger partial charge in [0.1, 0.15) is 18.5 Å². The SMILES string of the molecule is Cc1cc(OCc2ccccc2Br)c(C)c2c1CC[C@H]1C(CN3CCCC3)C(=O)OC21. The number of hydrogen-bond donors (Lipinski definition) is 0. The molecule has 2 fully saturated rings. The average molecular weight is 484 g/mol. The van der Waals surface area contributed by atoms with E-state index in [0.29, 0.717) is 6.61 Å². The van der Waals surface area contributed by atoms with Gasteiger partial charge in [-0.15, -0.1) is 0 Å². The molecule has 31 heavy (non-hydrogen) atoms. The normalized spacial score (nSPS) is 25.3. The summed E-state index contributed by atoms with van der Waals surface area (Å²) in [5.41, 5.74) is 6.03. The van der Waals surface area contributed by atoms with Gasteiger partial charge in [0.15, 0.2) is 0 Å². The van der Waals surface area contributed by atoms with E-state index in [-0.39, 0.29) is 23.9 Å². The van der Waals surface area contributed by atoms with Crippen LogP contribution >= 0.6 is 15.9 Å². The molecule has 0 radical (unpaired) electrons. The fourth-order valence-electron chi connectivity index (χ4n) is 5.68. The van der Waals surface area contributed by atoms with Gasteiger partial charge in [0.05, 0.1) is 5.92 Å². The molecule has 164 valence electrons. The molecule has 2 aromatic carbocycles. The number of nitrogens with zero attached hydrogens (tertiary/aromatic N) is 1. The van der Waals surface area contributed by atoms with Gasteiger partial charge >= 0.3 is 5.97 Å². The maximum absolute atomic E-state index is 12.9. The van der Waals surface area contributed by atoms with Gasteiger partial charge in [0.2, 0.25) is 0 Å². The topological polar surface area (TPSA) is 38.8 Å². The number of fused-ring (bicyclic) bond motifs is 3. The lowest BCUT2D eigenvalue weighted by Gasteiger charge is -2.32. The molecule has 3 atom stereocenters. The summed E-state index contributed by atoms with van der Waals surface area (Å²) in [6.45, 7) is 7.86. The van der Waals surface area contributed by atoms with Crippen LogP contribution in [0.5, 0.6) is 5.75 Å². The van der Waals surface area contributed by atoms with Crippen molar-refractivity contribution in [2.75, 3.05) is 19.6 Å². The number of aryl methyl sites for hydroxylation is 1. The summed E-state index contributed by atoms with van der Waals surface area (Å²) in [4.78, 5) is 15.3. The quantitative estimate of drug-likeness (QED) is 0.525. The molecule has 0 aromatic heterocycles. The largest absolute Gasteiger partial charge is 0.489 e. The Morgan fingerprint density at radius 1 is 1.19 bits per heavy atom. The first-order valence-corrected chi connectivity index (χ1v) is 12.2. The van der Waals surface area contributed by atoms with Crippen LogP contribution in [0.3, 0.4) is 0 Å². The fraction of sp³-hybridized carbons (Fsp3) is 0.500. The molecule has 1 aliphatic carbocycles. The molecule has 0 bridgehead atoms. The van der Waals surface area contributed by atoms with Gasteiger partial charge in [0.25, 0.3) is 0 Å². The first-order chi connectivity index (χ1) is 15.0. The molecule has 2 heterocycles. The highest BCUT2D eigenvalue weighted by Crippen LogP contribution is 2.50. The van der Waals surface area contributed by atoms with Gasteiger partial charge in [-0.1, -0.05) is 34.1 Å². The Bertz CT molecular complexity index is 998. The summed E-state index contributed by atoms with van der Waals surface area (Å²) < 4.78 is 13.4. The molecule has 4 nitrogen and oxygen atoms in total. The van der Waals surface area contributed by atoms with Crippen LogP contribution in [-0.2, 0) is 22.6 Å². The maximum Gasteiger partial charge on any atom is 0.311 e. The predicted molar refractivity (Wildman–Crippen MR) is 124 cm³/mol. The summed E-state index contributed by atoms with van der Waals surface area (Å²) >= 11 is 3.61. The molecular weight excluding hydrogens is 454 g/mol. The van der Waals surface area contributed by atoms with E-state index in [4.69, 9.17) is 9.47 Å². The van der Waals surface area contributed by atoms with Gasteiger partial charge in [-0.25, -0.2) is 0 Å². The number of benzene rings is 2. The Hall–Kier alpha value is -1.85. The highest BCUT2D eigenvalue weighted by atomic mass is 79.9. The van der Waals surface area contributed by atoms with Crippen molar-refractivity contribution in [2.45, 2.75) is 52.2 Å². The van der Waals surface area contributed by atoms with E-state index < -0.39 is 0 Å². The Kier molecular flexibility index (Phi) is 5.82. The monoisotopic (exact) mass is 483 g/mol. The Morgan fingerprint density at radius 2 is 1.97 bits per heavy atom. The summed E-state index contributed by atoms with van der Waals surface area (Å²) in [5, 5.41) is 0. The van der Waals surface area contributed by atoms with Crippen LogP contribution in [0.1, 0.15) is 53.2 Å². The molecule has 0 saturated carbocycles. The zero-order valence-electron chi connectivity index (χ0n) is 18.3. The molecule has 2 saturated heterocycles. The zero-order chi connectivity index (χ0) is 21.5. The number of rotatable bonds is 5. The molecule has 2 unspecified atom stereocenters. The molecule has 2 aliphatic heterocycles. The van der Waals surface area contributed by atoms with E-state index >= 15 is 0 Å². The molecule has 3 aliphatic rings. The minimum absolute atomic E-state index is 0.000745. The van der Waals surface area contributed by atoms with Crippen LogP contribution in [0.2, 0.25) is 0 Å². The van der Waals surface area contributed by atoms with Crippen LogP contribution in [0.15, 0.2) is 34.8 Å². The van der Waals surface area contributed by atoms with Crippen LogP contribution < -0.4 is 4.74 Å². The number of halogens is 1. The van der Waals surface area contributed by atoms with Crippen molar-refractivity contribution >= 4 is 21.9 Å². The average Bonchev–Trinajstić information content (AvgIpc) is 3.38. The smallest absolute Gasteiger partial charge is 0.311 e. The molecule has 5 heteroatoms. The molecule has 0 spiro atoms. The van der Waals surface area contributed by atoms with E-state index in [1.165, 1.54) is 29.5 Å². The summed E-state index contributed by atoms with van der Waals surface area (Å²) in [6, 6.07) is 10.3. The molecular formula is C26H30BrNO3. The van der Waals surface area contributed by atoms with Crippen molar-refractivity contribution in [3.8, 4) is 5.75 Å². The molecule has 0 N–H and O–H groups in total. The van der Waals surface area contributed by atoms with Crippen molar-refractivity contribution in [2.24, 2.45) is 11.8 Å². The third-order valence-corrected chi connectivity index (χ3v) is 8.15. The first kappa shape index (κ1) is 21.0. The number of ether oxygens (including phenoxy) is 2. The van der Waals surface area contributed by atoms with Crippen molar-refractivity contribution < 1.29 is 14.3 Å². The third-order valence-electron chi connectivity index (χ3n) is 7.38. The minimum atomic E-state index is -0.130. The Morgan fingerprint density at radius 3 is 2.74 bits per heavy atom. The van der Waals surface area contributed by atoms with Gasteiger partial charge in [0, 0.05) is 28.1 Å². The van der Waals surface area contributed by atoms with E-state index in [9.17, 15) is 4.79 Å². The second-order valence-electron chi connectivity index (χ2n) is 9.26. The third kappa shape index (κ3) is 3.91. The Labute approximate surface area is 193 Å². The maximum atomic E-state index is 12.9. The lowest BCUT2D eigenvalue weighted by atomic mass is 9.74. The fourth-order valence-corrected chi connectivity index (χ4v) is 6.08. The summed E-state index contributed by atoms with van der Waals surface area (Å²) in [6.07, 6.45) is 4.40. The number of likely N-dealkylation sites (tertiary alicyclic amines) is 1. The van der Waals surface area contributed by atoms with Crippen molar-refractivity contribution in [3.63, 3.8) is 0 Å². The lowest BCUT2D eigenvalue weighted by molar-refractivity contribution is -0.145.